The van der Waals surface area contributed by atoms with E-state index in [0.29, 0.717) is 11.8 Å². The van der Waals surface area contributed by atoms with Crippen LogP contribution in [0.25, 0.3) is 0 Å². The van der Waals surface area contributed by atoms with Crippen molar-refractivity contribution in [1.29, 1.82) is 0 Å². The fourth-order valence-electron chi connectivity index (χ4n) is 9.58. The second-order valence-electron chi connectivity index (χ2n) is 13.8. The minimum Gasteiger partial charge on any atom is -0.504 e. The van der Waals surface area contributed by atoms with Gasteiger partial charge in [-0.15, -0.1) is 0 Å². The van der Waals surface area contributed by atoms with E-state index in [4.69, 9.17) is 9.47 Å². The highest BCUT2D eigenvalue weighted by atomic mass is 16.6. The number of phenolic OH excluding ortho intramolecular Hbond substituents is 1. The standard InChI is InChI=1S/C29H41NO4/c1-25(2,3)26(4,32)20-15-27-10-11-29(20,33-5)24-28(27)12-13-30(16-17-6-7-17)21(27)14-18-8-9-19(31)23(34-24)22(18)28/h8-9,17,20-21,24,31-32H,6-7,10-16H2,1-5H3/t20?,21-,24-,26+,27-,28+,29?/m1/s1. The molecule has 2 aliphatic heterocycles. The van der Waals surface area contributed by atoms with Crippen LogP contribution in [0.2, 0.25) is 0 Å². The third-order valence-electron chi connectivity index (χ3n) is 11.9. The Morgan fingerprint density at radius 2 is 1.91 bits per heavy atom. The minimum atomic E-state index is -0.909. The van der Waals surface area contributed by atoms with Crippen molar-refractivity contribution in [2.24, 2.45) is 22.7 Å². The number of rotatable bonds is 4. The molecule has 5 fully saturated rings. The van der Waals surface area contributed by atoms with E-state index in [1.165, 1.54) is 30.5 Å². The molecule has 0 radical (unpaired) electrons. The molecule has 0 aromatic heterocycles. The van der Waals surface area contributed by atoms with Crippen LogP contribution in [0, 0.1) is 22.7 Å². The zero-order chi connectivity index (χ0) is 23.9. The summed E-state index contributed by atoms with van der Waals surface area (Å²) in [6.07, 6.45) is 7.64. The van der Waals surface area contributed by atoms with Gasteiger partial charge in [-0.25, -0.2) is 0 Å². The Bertz CT molecular complexity index is 1060. The van der Waals surface area contributed by atoms with Gasteiger partial charge in [0.25, 0.3) is 0 Å². The Hall–Kier alpha value is -1.30. The van der Waals surface area contributed by atoms with Gasteiger partial charge in [-0.2, -0.15) is 0 Å². The van der Waals surface area contributed by atoms with Crippen molar-refractivity contribution in [3.63, 3.8) is 0 Å². The number of ether oxygens (including phenoxy) is 2. The summed E-state index contributed by atoms with van der Waals surface area (Å²) < 4.78 is 13.5. The predicted octanol–water partition coefficient (Wildman–Crippen LogP) is 4.41. The van der Waals surface area contributed by atoms with E-state index in [-0.39, 0.29) is 34.0 Å². The smallest absolute Gasteiger partial charge is 0.165 e. The molecule has 5 nitrogen and oxygen atoms in total. The first-order valence-electron chi connectivity index (χ1n) is 13.6. The first-order chi connectivity index (χ1) is 16.0. The monoisotopic (exact) mass is 467 g/mol. The number of hydrogen-bond acceptors (Lipinski definition) is 5. The lowest BCUT2D eigenvalue weighted by Gasteiger charge is -2.75. The molecule has 1 aromatic rings. The molecule has 8 rings (SSSR count). The lowest BCUT2D eigenvalue weighted by Crippen LogP contribution is -2.83. The Labute approximate surface area is 203 Å². The normalized spacial score (nSPS) is 43.9. The average Bonchev–Trinajstić information content (AvgIpc) is 3.53. The summed E-state index contributed by atoms with van der Waals surface area (Å²) >= 11 is 0. The van der Waals surface area contributed by atoms with Crippen molar-refractivity contribution in [2.45, 2.75) is 101 Å². The third kappa shape index (κ3) is 2.25. The molecule has 7 atom stereocenters. The van der Waals surface area contributed by atoms with Gasteiger partial charge < -0.3 is 19.7 Å². The minimum absolute atomic E-state index is 0.0294. The number of piperidine rings is 1. The molecule has 2 spiro atoms. The van der Waals surface area contributed by atoms with Crippen LogP contribution in [0.4, 0.5) is 0 Å². The lowest BCUT2D eigenvalue weighted by atomic mass is 9.33. The van der Waals surface area contributed by atoms with Crippen LogP contribution in [0.15, 0.2) is 12.1 Å². The van der Waals surface area contributed by atoms with Gasteiger partial charge in [0.1, 0.15) is 11.7 Å². The molecule has 186 valence electrons. The molecule has 1 aromatic carbocycles. The fourth-order valence-corrected chi connectivity index (χ4v) is 9.58. The van der Waals surface area contributed by atoms with Crippen LogP contribution in [0.1, 0.15) is 77.3 Å². The number of aliphatic hydroxyl groups is 1. The zero-order valence-corrected chi connectivity index (χ0v) is 21.5. The molecule has 4 saturated carbocycles. The third-order valence-corrected chi connectivity index (χ3v) is 11.9. The molecule has 7 aliphatic rings. The Morgan fingerprint density at radius 3 is 2.59 bits per heavy atom. The summed E-state index contributed by atoms with van der Waals surface area (Å²) in [5.41, 5.74) is 0.783. The van der Waals surface area contributed by atoms with Crippen molar-refractivity contribution in [2.75, 3.05) is 20.2 Å². The van der Waals surface area contributed by atoms with E-state index in [1.807, 2.05) is 20.1 Å². The quantitative estimate of drug-likeness (QED) is 0.687. The van der Waals surface area contributed by atoms with Gasteiger partial charge in [0, 0.05) is 42.0 Å². The van der Waals surface area contributed by atoms with Gasteiger partial charge in [0.15, 0.2) is 11.5 Å². The largest absolute Gasteiger partial charge is 0.504 e. The van der Waals surface area contributed by atoms with E-state index in [1.54, 1.807) is 0 Å². The number of fused-ring (bicyclic) bond motifs is 2. The molecule has 2 heterocycles. The molecule has 2 unspecified atom stereocenters. The van der Waals surface area contributed by atoms with Crippen molar-refractivity contribution in [1.82, 2.24) is 4.90 Å². The highest BCUT2D eigenvalue weighted by Crippen LogP contribution is 2.78. The summed E-state index contributed by atoms with van der Waals surface area (Å²) in [7, 11) is 1.83. The SMILES string of the molecule is COC12CC[C@@]3(CC1[C@](C)(O)C(C)(C)C)[C@H]1Cc4ccc(O)c5c4[C@@]3(CCN1CC1CC1)[C@H]2O5. The van der Waals surface area contributed by atoms with Crippen LogP contribution in [0.3, 0.4) is 0 Å². The molecule has 0 amide bonds. The Kier molecular flexibility index (Phi) is 4.08. The number of benzene rings is 1. The number of methoxy groups -OCH3 is 1. The van der Waals surface area contributed by atoms with E-state index in [0.717, 1.165) is 44.6 Å². The Morgan fingerprint density at radius 1 is 1.15 bits per heavy atom. The van der Waals surface area contributed by atoms with Gasteiger partial charge in [-0.3, -0.25) is 4.90 Å². The first-order valence-corrected chi connectivity index (χ1v) is 13.6. The highest BCUT2D eigenvalue weighted by molar-refractivity contribution is 5.63. The molecule has 5 aliphatic carbocycles. The highest BCUT2D eigenvalue weighted by Gasteiger charge is 2.82. The maximum atomic E-state index is 12.2. The molecule has 2 N–H and O–H groups in total. The van der Waals surface area contributed by atoms with E-state index in [2.05, 4.69) is 31.7 Å². The summed E-state index contributed by atoms with van der Waals surface area (Å²) in [6.45, 7) is 10.8. The molecule has 1 saturated heterocycles. The van der Waals surface area contributed by atoms with Crippen LogP contribution < -0.4 is 4.74 Å². The van der Waals surface area contributed by atoms with Gasteiger partial charge in [0.05, 0.1) is 5.60 Å². The van der Waals surface area contributed by atoms with Crippen molar-refractivity contribution >= 4 is 0 Å². The van der Waals surface area contributed by atoms with Gasteiger partial charge >= 0.3 is 0 Å². The number of aromatic hydroxyl groups is 1. The summed E-state index contributed by atoms with van der Waals surface area (Å²) in [5, 5.41) is 23.2. The van der Waals surface area contributed by atoms with E-state index >= 15 is 0 Å². The van der Waals surface area contributed by atoms with Gasteiger partial charge in [-0.1, -0.05) is 26.8 Å². The van der Waals surface area contributed by atoms with Crippen molar-refractivity contribution in [3.8, 4) is 11.5 Å². The van der Waals surface area contributed by atoms with Gasteiger partial charge in [0.2, 0.25) is 0 Å². The topological polar surface area (TPSA) is 62.2 Å². The summed E-state index contributed by atoms with van der Waals surface area (Å²) in [5.74, 6) is 1.80. The van der Waals surface area contributed by atoms with Crippen molar-refractivity contribution < 1.29 is 19.7 Å². The molecule has 5 heteroatoms. The number of hydrogen-bond donors (Lipinski definition) is 2. The molecular formula is C29H41NO4. The predicted molar refractivity (Wildman–Crippen MR) is 130 cm³/mol. The molecule has 4 bridgehead atoms. The number of nitrogens with zero attached hydrogens (tertiary/aromatic N) is 1. The van der Waals surface area contributed by atoms with Crippen LogP contribution in [0.5, 0.6) is 11.5 Å². The van der Waals surface area contributed by atoms with Crippen molar-refractivity contribution in [3.05, 3.63) is 23.3 Å². The number of likely N-dealkylation sites (tertiary alicyclic amines) is 1. The Balaban J connectivity index is 1.47. The number of phenols is 1. The van der Waals surface area contributed by atoms with Crippen LogP contribution in [-0.2, 0) is 16.6 Å². The van der Waals surface area contributed by atoms with E-state index in [9.17, 15) is 10.2 Å². The lowest BCUT2D eigenvalue weighted by molar-refractivity contribution is -0.312. The summed E-state index contributed by atoms with van der Waals surface area (Å²) in [4.78, 5) is 2.82. The molecular weight excluding hydrogens is 426 g/mol. The molecule has 34 heavy (non-hydrogen) atoms. The first kappa shape index (κ1) is 21.9. The van der Waals surface area contributed by atoms with E-state index < -0.39 is 11.2 Å². The van der Waals surface area contributed by atoms with Crippen LogP contribution >= 0.6 is 0 Å². The zero-order valence-electron chi connectivity index (χ0n) is 21.5. The fraction of sp³-hybridized carbons (Fsp3) is 0.793. The second kappa shape index (κ2) is 6.33. The maximum absolute atomic E-state index is 12.2. The maximum Gasteiger partial charge on any atom is 0.165 e. The average molecular weight is 468 g/mol. The van der Waals surface area contributed by atoms with Gasteiger partial charge in [-0.05, 0) is 81.4 Å². The summed E-state index contributed by atoms with van der Waals surface area (Å²) in [6, 6.07) is 4.46. The van der Waals surface area contributed by atoms with Crippen LogP contribution in [-0.4, -0.2) is 58.7 Å². The second-order valence-corrected chi connectivity index (χ2v) is 13.8.